The summed E-state index contributed by atoms with van der Waals surface area (Å²) in [5, 5.41) is 13.4. The number of carboxylic acid groups (broad SMARTS) is 1. The van der Waals surface area contributed by atoms with Crippen molar-refractivity contribution in [2.24, 2.45) is 7.05 Å². The SMILES string of the molecule is Cn1cncc1-c1nc(C(=O)O)c2cccn2n1. The van der Waals surface area contributed by atoms with Gasteiger partial charge in [-0.1, -0.05) is 0 Å². The van der Waals surface area contributed by atoms with Crippen LogP contribution in [0.1, 0.15) is 10.5 Å². The quantitative estimate of drug-likeness (QED) is 0.720. The number of aromatic carboxylic acids is 1. The molecule has 90 valence electrons. The lowest BCUT2D eigenvalue weighted by Gasteiger charge is -2.04. The first kappa shape index (κ1) is 10.5. The Kier molecular flexibility index (Phi) is 2.12. The van der Waals surface area contributed by atoms with E-state index in [-0.39, 0.29) is 5.69 Å². The van der Waals surface area contributed by atoms with Gasteiger partial charge in [-0.3, -0.25) is 0 Å². The molecule has 3 heterocycles. The van der Waals surface area contributed by atoms with E-state index in [1.54, 1.807) is 42.5 Å². The number of nitrogens with zero attached hydrogens (tertiary/aromatic N) is 5. The topological polar surface area (TPSA) is 85.3 Å². The van der Waals surface area contributed by atoms with E-state index in [0.717, 1.165) is 0 Å². The number of aromatic nitrogens is 5. The molecule has 0 aliphatic heterocycles. The van der Waals surface area contributed by atoms with Crippen molar-refractivity contribution in [1.29, 1.82) is 0 Å². The monoisotopic (exact) mass is 243 g/mol. The smallest absolute Gasteiger partial charge is 0.356 e. The molecule has 0 bridgehead atoms. The third-order valence-electron chi connectivity index (χ3n) is 2.64. The molecule has 0 radical (unpaired) electrons. The molecule has 3 aromatic rings. The fourth-order valence-corrected chi connectivity index (χ4v) is 1.77. The summed E-state index contributed by atoms with van der Waals surface area (Å²) in [6.07, 6.45) is 4.89. The zero-order valence-electron chi connectivity index (χ0n) is 9.48. The van der Waals surface area contributed by atoms with Gasteiger partial charge in [0.15, 0.2) is 11.5 Å². The second kappa shape index (κ2) is 3.66. The van der Waals surface area contributed by atoms with Crippen molar-refractivity contribution in [3.8, 4) is 11.5 Å². The lowest BCUT2D eigenvalue weighted by Crippen LogP contribution is -2.09. The Morgan fingerprint density at radius 2 is 2.28 bits per heavy atom. The molecule has 0 unspecified atom stereocenters. The molecule has 3 aromatic heterocycles. The minimum absolute atomic E-state index is 0.0220. The van der Waals surface area contributed by atoms with Crippen LogP contribution in [-0.4, -0.2) is 35.2 Å². The third-order valence-corrected chi connectivity index (χ3v) is 2.64. The molecule has 7 nitrogen and oxygen atoms in total. The highest BCUT2D eigenvalue weighted by molar-refractivity contribution is 5.93. The van der Waals surface area contributed by atoms with Crippen LogP contribution >= 0.6 is 0 Å². The van der Waals surface area contributed by atoms with Crippen molar-refractivity contribution in [3.05, 3.63) is 36.5 Å². The van der Waals surface area contributed by atoms with Crippen molar-refractivity contribution in [2.75, 3.05) is 0 Å². The second-order valence-electron chi connectivity index (χ2n) is 3.82. The van der Waals surface area contributed by atoms with Gasteiger partial charge in [-0.15, -0.1) is 5.10 Å². The molecule has 0 atom stereocenters. The fourth-order valence-electron chi connectivity index (χ4n) is 1.77. The maximum absolute atomic E-state index is 11.2. The molecule has 0 amide bonds. The van der Waals surface area contributed by atoms with Gasteiger partial charge in [-0.05, 0) is 12.1 Å². The van der Waals surface area contributed by atoms with Crippen molar-refractivity contribution >= 4 is 11.5 Å². The van der Waals surface area contributed by atoms with Gasteiger partial charge in [0.25, 0.3) is 0 Å². The molecular formula is C11H9N5O2. The first-order chi connectivity index (χ1) is 8.66. The maximum atomic E-state index is 11.2. The number of aryl methyl sites for hydroxylation is 1. The highest BCUT2D eigenvalue weighted by Gasteiger charge is 2.16. The minimum atomic E-state index is -1.08. The Balaban J connectivity index is 2.32. The van der Waals surface area contributed by atoms with E-state index < -0.39 is 5.97 Å². The molecule has 1 N–H and O–H groups in total. The van der Waals surface area contributed by atoms with Crippen LogP contribution in [-0.2, 0) is 7.05 Å². The zero-order valence-corrected chi connectivity index (χ0v) is 9.48. The summed E-state index contributed by atoms with van der Waals surface area (Å²) >= 11 is 0. The summed E-state index contributed by atoms with van der Waals surface area (Å²) in [4.78, 5) is 19.2. The van der Waals surface area contributed by atoms with E-state index >= 15 is 0 Å². The van der Waals surface area contributed by atoms with Crippen LogP contribution < -0.4 is 0 Å². The van der Waals surface area contributed by atoms with Gasteiger partial charge < -0.3 is 9.67 Å². The minimum Gasteiger partial charge on any atom is -0.476 e. The van der Waals surface area contributed by atoms with E-state index in [2.05, 4.69) is 15.1 Å². The second-order valence-corrected chi connectivity index (χ2v) is 3.82. The molecule has 0 aliphatic carbocycles. The first-order valence-corrected chi connectivity index (χ1v) is 5.22. The van der Waals surface area contributed by atoms with Gasteiger partial charge in [-0.25, -0.2) is 19.3 Å². The molecule has 0 fully saturated rings. The number of rotatable bonds is 2. The Bertz CT molecular complexity index is 743. The fraction of sp³-hybridized carbons (Fsp3) is 0.0909. The lowest BCUT2D eigenvalue weighted by molar-refractivity contribution is 0.0692. The van der Waals surface area contributed by atoms with E-state index in [9.17, 15) is 4.79 Å². The highest BCUT2D eigenvalue weighted by Crippen LogP contribution is 2.16. The summed E-state index contributed by atoms with van der Waals surface area (Å²) in [5.74, 6) is -0.749. The Hall–Kier alpha value is -2.70. The van der Waals surface area contributed by atoms with Crippen molar-refractivity contribution in [3.63, 3.8) is 0 Å². The number of hydrogen-bond donors (Lipinski definition) is 1. The predicted molar refractivity (Wildman–Crippen MR) is 62.1 cm³/mol. The van der Waals surface area contributed by atoms with Gasteiger partial charge in [0, 0.05) is 13.2 Å². The van der Waals surface area contributed by atoms with Crippen LogP contribution in [0.2, 0.25) is 0 Å². The molecule has 0 saturated heterocycles. The van der Waals surface area contributed by atoms with Gasteiger partial charge in [0.05, 0.1) is 18.0 Å². The van der Waals surface area contributed by atoms with Crippen molar-refractivity contribution in [2.45, 2.75) is 0 Å². The molecule has 0 saturated carbocycles. The predicted octanol–water partition coefficient (Wildman–Crippen LogP) is 0.828. The van der Waals surface area contributed by atoms with Gasteiger partial charge >= 0.3 is 5.97 Å². The third kappa shape index (κ3) is 1.45. The number of fused-ring (bicyclic) bond motifs is 1. The molecule has 0 aliphatic rings. The average Bonchev–Trinajstić information content (AvgIpc) is 2.95. The van der Waals surface area contributed by atoms with E-state index in [1.165, 1.54) is 4.52 Å². The normalized spacial score (nSPS) is 10.9. The number of carbonyl (C=O) groups is 1. The maximum Gasteiger partial charge on any atom is 0.356 e. The Morgan fingerprint density at radius 3 is 2.94 bits per heavy atom. The zero-order chi connectivity index (χ0) is 12.7. The highest BCUT2D eigenvalue weighted by atomic mass is 16.4. The van der Waals surface area contributed by atoms with Crippen LogP contribution in [0.5, 0.6) is 0 Å². The molecule has 3 rings (SSSR count). The standard InChI is InChI=1S/C11H9N5O2/c1-15-6-12-5-8(15)10-13-9(11(17)18)7-3-2-4-16(7)14-10/h2-6H,1H3,(H,17,18). The van der Waals surface area contributed by atoms with Crippen molar-refractivity contribution in [1.82, 2.24) is 24.1 Å². The molecule has 7 heteroatoms. The molecular weight excluding hydrogens is 234 g/mol. The molecule has 0 spiro atoms. The van der Waals surface area contributed by atoms with E-state index in [1.807, 2.05) is 0 Å². The summed E-state index contributed by atoms with van der Waals surface area (Å²) < 4.78 is 3.23. The van der Waals surface area contributed by atoms with Gasteiger partial charge in [0.1, 0.15) is 5.69 Å². The number of hydrogen-bond acceptors (Lipinski definition) is 4. The van der Waals surface area contributed by atoms with E-state index in [0.29, 0.717) is 17.0 Å². The molecule has 0 aromatic carbocycles. The van der Waals surface area contributed by atoms with E-state index in [4.69, 9.17) is 5.11 Å². The number of carboxylic acids is 1. The first-order valence-electron chi connectivity index (χ1n) is 5.22. The lowest BCUT2D eigenvalue weighted by atomic mass is 10.3. The summed E-state index contributed by atoms with van der Waals surface area (Å²) in [6, 6.07) is 3.39. The van der Waals surface area contributed by atoms with Gasteiger partial charge in [-0.2, -0.15) is 0 Å². The summed E-state index contributed by atoms with van der Waals surface area (Å²) in [6.45, 7) is 0. The van der Waals surface area contributed by atoms with Gasteiger partial charge in [0.2, 0.25) is 0 Å². The average molecular weight is 243 g/mol. The van der Waals surface area contributed by atoms with Crippen LogP contribution in [0.25, 0.3) is 17.0 Å². The van der Waals surface area contributed by atoms with Crippen LogP contribution in [0.15, 0.2) is 30.9 Å². The Morgan fingerprint density at radius 1 is 1.44 bits per heavy atom. The largest absolute Gasteiger partial charge is 0.476 e. The van der Waals surface area contributed by atoms with Crippen LogP contribution in [0, 0.1) is 0 Å². The van der Waals surface area contributed by atoms with Crippen LogP contribution in [0.3, 0.4) is 0 Å². The molecule has 18 heavy (non-hydrogen) atoms. The Labute approximate surface area is 101 Å². The van der Waals surface area contributed by atoms with Crippen molar-refractivity contribution < 1.29 is 9.90 Å². The number of imidazole rings is 1. The van der Waals surface area contributed by atoms with Crippen LogP contribution in [0.4, 0.5) is 0 Å². The summed E-state index contributed by atoms with van der Waals surface area (Å²) in [5.41, 5.74) is 1.10. The summed E-state index contributed by atoms with van der Waals surface area (Å²) in [7, 11) is 1.80.